The van der Waals surface area contributed by atoms with Gasteiger partial charge in [0.15, 0.2) is 10.8 Å². The zero-order valence-electron chi connectivity index (χ0n) is 17.2. The first-order chi connectivity index (χ1) is 15.0. The molecular formula is C21H22N4O4S2. The molecule has 0 N–H and O–H groups in total. The van der Waals surface area contributed by atoms with Crippen LogP contribution in [-0.2, 0) is 15.8 Å². The van der Waals surface area contributed by atoms with Gasteiger partial charge in [0.2, 0.25) is 5.09 Å². The van der Waals surface area contributed by atoms with Crippen LogP contribution in [0.1, 0.15) is 24.2 Å². The molecule has 10 heteroatoms. The van der Waals surface area contributed by atoms with Crippen molar-refractivity contribution in [3.63, 3.8) is 0 Å². The molecule has 0 bridgehead atoms. The number of pyridine rings is 1. The molecule has 1 saturated heterocycles. The number of sulfonamides is 1. The number of methoxy groups -OCH3 is 1. The van der Waals surface area contributed by atoms with Crippen LogP contribution < -0.4 is 4.74 Å². The van der Waals surface area contributed by atoms with Crippen molar-refractivity contribution in [2.75, 3.05) is 20.2 Å². The Morgan fingerprint density at radius 2 is 1.94 bits per heavy atom. The maximum absolute atomic E-state index is 12.7. The van der Waals surface area contributed by atoms with Gasteiger partial charge in [-0.25, -0.2) is 8.42 Å². The van der Waals surface area contributed by atoms with Crippen LogP contribution in [0.3, 0.4) is 0 Å². The van der Waals surface area contributed by atoms with Crippen molar-refractivity contribution >= 4 is 38.3 Å². The Bertz CT molecular complexity index is 1370. The number of hydrogen-bond acceptors (Lipinski definition) is 7. The Morgan fingerprint density at radius 3 is 2.71 bits per heavy atom. The second-order valence-electron chi connectivity index (χ2n) is 7.51. The van der Waals surface area contributed by atoms with Crippen LogP contribution >= 0.6 is 11.8 Å². The Balaban J connectivity index is 1.44. The largest absolute Gasteiger partial charge is 0.497 e. The highest BCUT2D eigenvalue weighted by Gasteiger charge is 2.30. The predicted molar refractivity (Wildman–Crippen MR) is 118 cm³/mol. The second kappa shape index (κ2) is 7.85. The van der Waals surface area contributed by atoms with Gasteiger partial charge in [0, 0.05) is 24.5 Å². The normalized spacial score (nSPS) is 15.3. The quantitative estimate of drug-likeness (QED) is 0.405. The van der Waals surface area contributed by atoms with E-state index in [4.69, 9.17) is 9.15 Å². The van der Waals surface area contributed by atoms with Crippen LogP contribution in [-0.4, -0.2) is 47.5 Å². The second-order valence-corrected chi connectivity index (χ2v) is 10.3. The fourth-order valence-corrected chi connectivity index (χ4v) is 6.18. The number of ether oxygens (including phenoxy) is 1. The Hall–Kier alpha value is -2.56. The van der Waals surface area contributed by atoms with E-state index in [0.717, 1.165) is 40.7 Å². The number of aryl methyl sites for hydroxylation is 1. The molecule has 4 heterocycles. The topological polar surface area (TPSA) is 89.9 Å². The summed E-state index contributed by atoms with van der Waals surface area (Å²) in [4.78, 5) is 0. The molecule has 0 amide bonds. The van der Waals surface area contributed by atoms with Crippen LogP contribution in [0.2, 0.25) is 0 Å². The van der Waals surface area contributed by atoms with E-state index in [-0.39, 0.29) is 5.09 Å². The van der Waals surface area contributed by atoms with Gasteiger partial charge in [0.25, 0.3) is 10.0 Å². The molecule has 1 fully saturated rings. The van der Waals surface area contributed by atoms with Crippen LogP contribution in [0.4, 0.5) is 0 Å². The number of rotatable bonds is 6. The summed E-state index contributed by atoms with van der Waals surface area (Å²) < 4.78 is 39.9. The SMILES string of the molecule is COc1ccc2c(C)cc3nnc(SCc4ccc(S(=O)(=O)N5CCCC5)o4)n3c2c1. The van der Waals surface area contributed by atoms with E-state index < -0.39 is 10.0 Å². The number of benzene rings is 1. The van der Waals surface area contributed by atoms with E-state index >= 15 is 0 Å². The maximum atomic E-state index is 12.7. The van der Waals surface area contributed by atoms with Crippen LogP contribution in [0, 0.1) is 6.92 Å². The molecule has 0 atom stereocenters. The van der Waals surface area contributed by atoms with Gasteiger partial charge in [-0.2, -0.15) is 4.31 Å². The minimum Gasteiger partial charge on any atom is -0.497 e. The van der Waals surface area contributed by atoms with Gasteiger partial charge < -0.3 is 9.15 Å². The highest BCUT2D eigenvalue weighted by molar-refractivity contribution is 7.98. The van der Waals surface area contributed by atoms with Gasteiger partial charge in [-0.05, 0) is 55.7 Å². The van der Waals surface area contributed by atoms with E-state index in [1.165, 1.54) is 22.1 Å². The fourth-order valence-electron chi connectivity index (χ4n) is 3.89. The fraction of sp³-hybridized carbons (Fsp3) is 0.333. The first kappa shape index (κ1) is 20.3. The lowest BCUT2D eigenvalue weighted by Gasteiger charge is -2.12. The standard InChI is InChI=1S/C21H22N4O4S2/c1-14-11-19-22-23-21(25(19)18-12-15(28-2)5-7-17(14)18)30-13-16-6-8-20(29-16)31(26,27)24-9-3-4-10-24/h5-8,11-12H,3-4,9-10,13H2,1-2H3. The number of hydrogen-bond donors (Lipinski definition) is 0. The first-order valence-electron chi connectivity index (χ1n) is 10.0. The lowest BCUT2D eigenvalue weighted by molar-refractivity contribution is 0.397. The van der Waals surface area contributed by atoms with E-state index in [2.05, 4.69) is 10.2 Å². The summed E-state index contributed by atoms with van der Waals surface area (Å²) in [5.41, 5.74) is 2.81. The zero-order valence-corrected chi connectivity index (χ0v) is 18.9. The molecule has 1 aliphatic rings. The maximum Gasteiger partial charge on any atom is 0.276 e. The molecule has 1 aromatic carbocycles. The molecule has 5 rings (SSSR count). The minimum absolute atomic E-state index is 0.00177. The number of thioether (sulfide) groups is 1. The highest BCUT2D eigenvalue weighted by atomic mass is 32.2. The zero-order chi connectivity index (χ0) is 21.6. The summed E-state index contributed by atoms with van der Waals surface area (Å²) in [6.07, 6.45) is 1.78. The van der Waals surface area contributed by atoms with E-state index in [1.54, 1.807) is 13.2 Å². The molecular weight excluding hydrogens is 436 g/mol. The third-order valence-electron chi connectivity index (χ3n) is 5.51. The van der Waals surface area contributed by atoms with Crippen molar-refractivity contribution in [3.05, 3.63) is 47.7 Å². The summed E-state index contributed by atoms with van der Waals surface area (Å²) in [5, 5.41) is 10.4. The van der Waals surface area contributed by atoms with E-state index in [9.17, 15) is 8.42 Å². The van der Waals surface area contributed by atoms with Crippen molar-refractivity contribution in [1.82, 2.24) is 18.9 Å². The Morgan fingerprint density at radius 1 is 1.13 bits per heavy atom. The molecule has 4 aromatic rings. The molecule has 162 valence electrons. The molecule has 0 unspecified atom stereocenters. The molecule has 1 aliphatic heterocycles. The molecule has 8 nitrogen and oxygen atoms in total. The van der Waals surface area contributed by atoms with Crippen LogP contribution in [0.5, 0.6) is 5.75 Å². The summed E-state index contributed by atoms with van der Waals surface area (Å²) in [6.45, 7) is 3.14. The molecule has 0 radical (unpaired) electrons. The Labute approximate surface area is 184 Å². The molecule has 0 aliphatic carbocycles. The summed E-state index contributed by atoms with van der Waals surface area (Å²) in [6, 6.07) is 11.2. The molecule has 0 spiro atoms. The van der Waals surface area contributed by atoms with Gasteiger partial charge in [0.05, 0.1) is 18.4 Å². The third-order valence-corrected chi connectivity index (χ3v) is 8.24. The first-order valence-corrected chi connectivity index (χ1v) is 12.4. The van der Waals surface area contributed by atoms with Gasteiger partial charge in [-0.3, -0.25) is 4.40 Å². The monoisotopic (exact) mass is 458 g/mol. The van der Waals surface area contributed by atoms with Crippen molar-refractivity contribution in [2.24, 2.45) is 0 Å². The van der Waals surface area contributed by atoms with Crippen molar-refractivity contribution in [2.45, 2.75) is 35.8 Å². The van der Waals surface area contributed by atoms with Crippen LogP contribution in [0.25, 0.3) is 16.6 Å². The number of aromatic nitrogens is 3. The van der Waals surface area contributed by atoms with Gasteiger partial charge >= 0.3 is 0 Å². The lowest BCUT2D eigenvalue weighted by atomic mass is 10.1. The summed E-state index contributed by atoms with van der Waals surface area (Å²) >= 11 is 1.45. The molecule has 0 saturated carbocycles. The Kier molecular flexibility index (Phi) is 5.15. The van der Waals surface area contributed by atoms with Gasteiger partial charge in [-0.1, -0.05) is 11.8 Å². The van der Waals surface area contributed by atoms with Crippen molar-refractivity contribution in [1.29, 1.82) is 0 Å². The van der Waals surface area contributed by atoms with E-state index in [1.807, 2.05) is 35.6 Å². The number of nitrogens with zero attached hydrogens (tertiary/aromatic N) is 4. The lowest BCUT2D eigenvalue weighted by Crippen LogP contribution is -2.27. The average Bonchev–Trinajstić information content (AvgIpc) is 3.52. The van der Waals surface area contributed by atoms with Crippen LogP contribution in [0.15, 0.2) is 51.1 Å². The van der Waals surface area contributed by atoms with Gasteiger partial charge in [-0.15, -0.1) is 10.2 Å². The molecule has 3 aromatic heterocycles. The smallest absolute Gasteiger partial charge is 0.276 e. The number of fused-ring (bicyclic) bond motifs is 3. The highest BCUT2D eigenvalue weighted by Crippen LogP contribution is 2.31. The van der Waals surface area contributed by atoms with Crippen molar-refractivity contribution < 1.29 is 17.6 Å². The summed E-state index contributed by atoms with van der Waals surface area (Å²) in [7, 11) is -1.92. The number of furan rings is 1. The third kappa shape index (κ3) is 3.58. The molecule has 31 heavy (non-hydrogen) atoms. The minimum atomic E-state index is -3.56. The van der Waals surface area contributed by atoms with Gasteiger partial charge in [0.1, 0.15) is 11.5 Å². The summed E-state index contributed by atoms with van der Waals surface area (Å²) in [5.74, 6) is 1.77. The van der Waals surface area contributed by atoms with Crippen molar-refractivity contribution in [3.8, 4) is 5.75 Å². The average molecular weight is 459 g/mol. The predicted octanol–water partition coefficient (Wildman–Crippen LogP) is 3.87. The van der Waals surface area contributed by atoms with E-state index in [0.29, 0.717) is 29.8 Å².